The fourth-order valence-electron chi connectivity index (χ4n) is 1.55. The molecule has 0 aliphatic rings. The van der Waals surface area contributed by atoms with Crippen molar-refractivity contribution in [1.29, 1.82) is 0 Å². The monoisotopic (exact) mass is 257 g/mol. The molecule has 1 nitrogen and oxygen atoms in total. The van der Waals surface area contributed by atoms with Crippen molar-refractivity contribution in [3.8, 4) is 11.1 Å². The molecule has 0 atom stereocenters. The number of aromatic nitrogens is 1. The summed E-state index contributed by atoms with van der Waals surface area (Å²) in [5.41, 5.74) is -0.176. The van der Waals surface area contributed by atoms with E-state index in [1.54, 1.807) is 6.07 Å². The summed E-state index contributed by atoms with van der Waals surface area (Å²) in [6.45, 7) is 0. The van der Waals surface area contributed by atoms with Gasteiger partial charge in [0.2, 0.25) is 0 Å². The zero-order chi connectivity index (χ0) is 12.5. The lowest BCUT2D eigenvalue weighted by molar-refractivity contribution is -0.137. The normalized spacial score (nSPS) is 11.5. The van der Waals surface area contributed by atoms with Gasteiger partial charge in [-0.25, -0.2) is 4.98 Å². The molecular weight excluding hydrogens is 251 g/mol. The zero-order valence-corrected chi connectivity index (χ0v) is 9.26. The van der Waals surface area contributed by atoms with Crippen LogP contribution < -0.4 is 0 Å². The summed E-state index contributed by atoms with van der Waals surface area (Å²) >= 11 is 5.67. The van der Waals surface area contributed by atoms with E-state index in [2.05, 4.69) is 4.98 Å². The molecule has 0 aliphatic carbocycles. The molecule has 1 aromatic carbocycles. The number of alkyl halides is 3. The molecule has 0 amide bonds. The Morgan fingerprint density at radius 2 is 1.76 bits per heavy atom. The predicted octanol–water partition coefficient (Wildman–Crippen LogP) is 4.42. The van der Waals surface area contributed by atoms with Crippen molar-refractivity contribution in [3.63, 3.8) is 0 Å². The summed E-state index contributed by atoms with van der Waals surface area (Å²) in [5.74, 6) is 0. The first-order valence-electron chi connectivity index (χ1n) is 4.76. The lowest BCUT2D eigenvalue weighted by atomic mass is 10.0. The maximum absolute atomic E-state index is 12.8. The molecule has 2 rings (SSSR count). The van der Waals surface area contributed by atoms with Gasteiger partial charge in [0.25, 0.3) is 0 Å². The Morgan fingerprint density at radius 3 is 2.41 bits per heavy atom. The summed E-state index contributed by atoms with van der Waals surface area (Å²) in [5, 5.41) is 0.166. The van der Waals surface area contributed by atoms with Crippen LogP contribution in [-0.2, 0) is 6.18 Å². The highest BCUT2D eigenvalue weighted by molar-refractivity contribution is 6.29. The molecule has 0 radical (unpaired) electrons. The highest BCUT2D eigenvalue weighted by Gasteiger charge is 2.33. The fourth-order valence-corrected chi connectivity index (χ4v) is 1.73. The van der Waals surface area contributed by atoms with Crippen molar-refractivity contribution >= 4 is 11.6 Å². The molecule has 0 N–H and O–H groups in total. The molecule has 2 aromatic rings. The van der Waals surface area contributed by atoms with E-state index in [1.165, 1.54) is 30.5 Å². The summed E-state index contributed by atoms with van der Waals surface area (Å²) in [7, 11) is 0. The molecule has 1 aromatic heterocycles. The molecule has 17 heavy (non-hydrogen) atoms. The zero-order valence-electron chi connectivity index (χ0n) is 8.50. The first-order chi connectivity index (χ1) is 7.98. The SMILES string of the molecule is FC(F)(F)c1ccccc1-c1ccnc(Cl)c1. The van der Waals surface area contributed by atoms with Crippen LogP contribution in [0.1, 0.15) is 5.56 Å². The van der Waals surface area contributed by atoms with E-state index in [9.17, 15) is 13.2 Å². The molecule has 0 unspecified atom stereocenters. The lowest BCUT2D eigenvalue weighted by Crippen LogP contribution is -2.06. The number of benzene rings is 1. The van der Waals surface area contributed by atoms with E-state index in [-0.39, 0.29) is 10.7 Å². The van der Waals surface area contributed by atoms with E-state index in [4.69, 9.17) is 11.6 Å². The molecule has 5 heteroatoms. The molecule has 88 valence electrons. The Balaban J connectivity index is 2.60. The van der Waals surface area contributed by atoms with Crippen LogP contribution >= 0.6 is 11.6 Å². The second-order valence-electron chi connectivity index (χ2n) is 3.41. The van der Waals surface area contributed by atoms with E-state index >= 15 is 0 Å². The van der Waals surface area contributed by atoms with Crippen LogP contribution in [0.5, 0.6) is 0 Å². The molecular formula is C12H7ClF3N. The number of hydrogen-bond donors (Lipinski definition) is 0. The van der Waals surface area contributed by atoms with Crippen LogP contribution in [0.15, 0.2) is 42.6 Å². The second kappa shape index (κ2) is 4.37. The Morgan fingerprint density at radius 1 is 1.06 bits per heavy atom. The smallest absolute Gasteiger partial charge is 0.245 e. The summed E-state index contributed by atoms with van der Waals surface area (Å²) < 4.78 is 38.4. The van der Waals surface area contributed by atoms with Crippen LogP contribution in [0.25, 0.3) is 11.1 Å². The summed E-state index contributed by atoms with van der Waals surface area (Å²) in [6, 6.07) is 8.27. The molecule has 0 saturated carbocycles. The van der Waals surface area contributed by atoms with Gasteiger partial charge in [-0.05, 0) is 29.3 Å². The number of nitrogens with zero attached hydrogens (tertiary/aromatic N) is 1. The molecule has 0 bridgehead atoms. The van der Waals surface area contributed by atoms with Crippen LogP contribution in [0, 0.1) is 0 Å². The third kappa shape index (κ3) is 2.58. The van der Waals surface area contributed by atoms with Crippen molar-refractivity contribution in [3.05, 3.63) is 53.3 Å². The third-order valence-corrected chi connectivity index (χ3v) is 2.48. The fraction of sp³-hybridized carbons (Fsp3) is 0.0833. The average molecular weight is 258 g/mol. The molecule has 0 saturated heterocycles. The van der Waals surface area contributed by atoms with Gasteiger partial charge in [-0.1, -0.05) is 29.8 Å². The highest BCUT2D eigenvalue weighted by Crippen LogP contribution is 2.37. The van der Waals surface area contributed by atoms with Crippen LogP contribution in [0.2, 0.25) is 5.15 Å². The second-order valence-corrected chi connectivity index (χ2v) is 3.80. The van der Waals surface area contributed by atoms with Gasteiger partial charge in [-0.15, -0.1) is 0 Å². The van der Waals surface area contributed by atoms with E-state index in [0.717, 1.165) is 6.07 Å². The van der Waals surface area contributed by atoms with Gasteiger partial charge in [0, 0.05) is 6.20 Å². The predicted molar refractivity (Wildman–Crippen MR) is 59.7 cm³/mol. The average Bonchev–Trinajstić information content (AvgIpc) is 2.28. The van der Waals surface area contributed by atoms with Gasteiger partial charge in [0.05, 0.1) is 5.56 Å². The Labute approximate surface area is 101 Å². The van der Waals surface area contributed by atoms with E-state index in [1.807, 2.05) is 0 Å². The van der Waals surface area contributed by atoms with Gasteiger partial charge in [0.1, 0.15) is 5.15 Å². The van der Waals surface area contributed by atoms with E-state index in [0.29, 0.717) is 5.56 Å². The van der Waals surface area contributed by atoms with Gasteiger partial charge < -0.3 is 0 Å². The van der Waals surface area contributed by atoms with Gasteiger partial charge in [0.15, 0.2) is 0 Å². The number of halogens is 4. The maximum Gasteiger partial charge on any atom is 0.417 e. The lowest BCUT2D eigenvalue weighted by Gasteiger charge is -2.12. The molecule has 0 spiro atoms. The van der Waals surface area contributed by atoms with Crippen LogP contribution in [0.3, 0.4) is 0 Å². The minimum absolute atomic E-state index is 0.101. The van der Waals surface area contributed by atoms with Gasteiger partial charge in [-0.2, -0.15) is 13.2 Å². The molecule has 0 aliphatic heterocycles. The first-order valence-corrected chi connectivity index (χ1v) is 5.14. The van der Waals surface area contributed by atoms with Gasteiger partial charge in [-0.3, -0.25) is 0 Å². The summed E-state index contributed by atoms with van der Waals surface area (Å²) in [6.07, 6.45) is -3.00. The minimum atomic E-state index is -4.38. The Kier molecular flexibility index (Phi) is 3.07. The van der Waals surface area contributed by atoms with Crippen molar-refractivity contribution in [2.24, 2.45) is 0 Å². The van der Waals surface area contributed by atoms with Crippen LogP contribution in [-0.4, -0.2) is 4.98 Å². The van der Waals surface area contributed by atoms with E-state index < -0.39 is 11.7 Å². The number of rotatable bonds is 1. The Bertz CT molecular complexity index is 537. The number of hydrogen-bond acceptors (Lipinski definition) is 1. The molecule has 0 fully saturated rings. The Hall–Kier alpha value is -1.55. The minimum Gasteiger partial charge on any atom is -0.245 e. The van der Waals surface area contributed by atoms with Gasteiger partial charge >= 0.3 is 6.18 Å². The first kappa shape index (κ1) is 11.9. The van der Waals surface area contributed by atoms with Crippen molar-refractivity contribution in [1.82, 2.24) is 4.98 Å². The number of pyridine rings is 1. The van der Waals surface area contributed by atoms with Crippen molar-refractivity contribution in [2.45, 2.75) is 6.18 Å². The quantitative estimate of drug-likeness (QED) is 0.689. The largest absolute Gasteiger partial charge is 0.417 e. The highest BCUT2D eigenvalue weighted by atomic mass is 35.5. The molecule has 1 heterocycles. The van der Waals surface area contributed by atoms with Crippen molar-refractivity contribution in [2.75, 3.05) is 0 Å². The van der Waals surface area contributed by atoms with Crippen LogP contribution in [0.4, 0.5) is 13.2 Å². The van der Waals surface area contributed by atoms with Crippen molar-refractivity contribution < 1.29 is 13.2 Å². The maximum atomic E-state index is 12.8. The topological polar surface area (TPSA) is 12.9 Å². The standard InChI is InChI=1S/C12H7ClF3N/c13-11-7-8(5-6-17-11)9-3-1-2-4-10(9)12(14,15)16/h1-7H. The summed E-state index contributed by atoms with van der Waals surface area (Å²) in [4.78, 5) is 3.74. The third-order valence-electron chi connectivity index (χ3n) is 2.27.